The number of nitrogens with zero attached hydrogens (tertiary/aromatic N) is 1. The molecule has 22 heavy (non-hydrogen) atoms. The average Bonchev–Trinajstić information content (AvgIpc) is 3.04. The van der Waals surface area contributed by atoms with Crippen LogP contribution in [0.15, 0.2) is 47.1 Å². The molecule has 1 amide bonds. The third-order valence-corrected chi connectivity index (χ3v) is 4.33. The molecule has 0 unspecified atom stereocenters. The second-order valence-corrected chi connectivity index (χ2v) is 5.95. The first-order chi connectivity index (χ1) is 10.6. The minimum Gasteiger partial charge on any atom is -0.467 e. The van der Waals surface area contributed by atoms with Gasteiger partial charge < -0.3 is 14.6 Å². The molecule has 1 N–H and O–H groups in total. The number of carbonyl (C=O) groups is 1. The van der Waals surface area contributed by atoms with Crippen LogP contribution in [0, 0.1) is 0 Å². The van der Waals surface area contributed by atoms with Gasteiger partial charge in [0.1, 0.15) is 5.76 Å². The molecule has 0 spiro atoms. The van der Waals surface area contributed by atoms with Crippen molar-refractivity contribution in [3.63, 3.8) is 0 Å². The molecule has 0 radical (unpaired) electrons. The van der Waals surface area contributed by atoms with Crippen LogP contribution in [0.3, 0.4) is 0 Å². The maximum absolute atomic E-state index is 12.4. The third-order valence-electron chi connectivity index (χ3n) is 4.33. The summed E-state index contributed by atoms with van der Waals surface area (Å²) in [4.78, 5) is 14.6. The standard InChI is InChI=1S/C18H22N2O2/c1-13-9-10-15-6-3-4-7-16(15)20(13)12-18(21)19-14(2)17-8-5-11-22-17/h3-8,11,13-14H,9-10,12H2,1-2H3,(H,19,21)/t13-,14+/m1/s1. The van der Waals surface area contributed by atoms with E-state index in [-0.39, 0.29) is 11.9 Å². The van der Waals surface area contributed by atoms with E-state index in [0.717, 1.165) is 18.6 Å². The molecule has 0 saturated heterocycles. The number of benzene rings is 1. The molecule has 4 nitrogen and oxygen atoms in total. The van der Waals surface area contributed by atoms with Crippen molar-refractivity contribution in [1.29, 1.82) is 0 Å². The number of amides is 1. The zero-order chi connectivity index (χ0) is 15.5. The number of para-hydroxylation sites is 1. The second kappa shape index (κ2) is 6.26. The normalized spacial score (nSPS) is 18.6. The van der Waals surface area contributed by atoms with Crippen molar-refractivity contribution in [1.82, 2.24) is 5.32 Å². The van der Waals surface area contributed by atoms with E-state index < -0.39 is 0 Å². The topological polar surface area (TPSA) is 45.5 Å². The molecule has 1 aliphatic heterocycles. The zero-order valence-electron chi connectivity index (χ0n) is 13.1. The van der Waals surface area contributed by atoms with E-state index in [1.807, 2.05) is 25.1 Å². The van der Waals surface area contributed by atoms with Gasteiger partial charge >= 0.3 is 0 Å². The Balaban J connectivity index is 1.68. The molecule has 1 aromatic heterocycles. The van der Waals surface area contributed by atoms with E-state index in [0.29, 0.717) is 12.6 Å². The Labute approximate surface area is 131 Å². The molecule has 0 fully saturated rings. The Kier molecular flexibility index (Phi) is 4.18. The summed E-state index contributed by atoms with van der Waals surface area (Å²) >= 11 is 0. The summed E-state index contributed by atoms with van der Waals surface area (Å²) in [5, 5.41) is 3.01. The van der Waals surface area contributed by atoms with Gasteiger partial charge in [-0.2, -0.15) is 0 Å². The first-order valence-electron chi connectivity index (χ1n) is 7.82. The van der Waals surface area contributed by atoms with Gasteiger partial charge in [-0.05, 0) is 50.5 Å². The van der Waals surface area contributed by atoms with Gasteiger partial charge in [-0.15, -0.1) is 0 Å². The van der Waals surface area contributed by atoms with Gasteiger partial charge in [-0.25, -0.2) is 0 Å². The lowest BCUT2D eigenvalue weighted by molar-refractivity contribution is -0.120. The molecule has 0 saturated carbocycles. The fourth-order valence-electron chi connectivity index (χ4n) is 3.05. The van der Waals surface area contributed by atoms with E-state index >= 15 is 0 Å². The van der Waals surface area contributed by atoms with Crippen LogP contribution in [0.2, 0.25) is 0 Å². The lowest BCUT2D eigenvalue weighted by atomic mass is 9.96. The largest absolute Gasteiger partial charge is 0.467 e. The Bertz CT molecular complexity index is 636. The van der Waals surface area contributed by atoms with Crippen LogP contribution < -0.4 is 10.2 Å². The van der Waals surface area contributed by atoms with Crippen LogP contribution in [0.5, 0.6) is 0 Å². The third kappa shape index (κ3) is 3.01. The number of carbonyl (C=O) groups excluding carboxylic acids is 1. The average molecular weight is 298 g/mol. The highest BCUT2D eigenvalue weighted by atomic mass is 16.3. The van der Waals surface area contributed by atoms with E-state index in [4.69, 9.17) is 4.42 Å². The monoisotopic (exact) mass is 298 g/mol. The Morgan fingerprint density at radius 3 is 2.95 bits per heavy atom. The fraction of sp³-hybridized carbons (Fsp3) is 0.389. The highest BCUT2D eigenvalue weighted by molar-refractivity contribution is 5.82. The minimum absolute atomic E-state index is 0.0208. The molecular formula is C18H22N2O2. The summed E-state index contributed by atoms with van der Waals surface area (Å²) in [6.07, 6.45) is 3.79. The number of furan rings is 1. The highest BCUT2D eigenvalue weighted by Gasteiger charge is 2.25. The van der Waals surface area contributed by atoms with Crippen LogP contribution in [0.4, 0.5) is 5.69 Å². The van der Waals surface area contributed by atoms with Crippen LogP contribution in [0.25, 0.3) is 0 Å². The van der Waals surface area contributed by atoms with Crippen LogP contribution in [-0.2, 0) is 11.2 Å². The SMILES string of the molecule is C[C@H](NC(=O)CN1c2ccccc2CC[C@H]1C)c1ccco1. The Morgan fingerprint density at radius 2 is 2.18 bits per heavy atom. The molecule has 0 aliphatic carbocycles. The Hall–Kier alpha value is -2.23. The molecule has 2 heterocycles. The van der Waals surface area contributed by atoms with Crippen molar-refractivity contribution in [2.24, 2.45) is 0 Å². The predicted octanol–water partition coefficient (Wildman–Crippen LogP) is 3.30. The molecular weight excluding hydrogens is 276 g/mol. The molecule has 1 aromatic carbocycles. The van der Waals surface area contributed by atoms with Gasteiger partial charge in [0.15, 0.2) is 0 Å². The molecule has 4 heteroatoms. The van der Waals surface area contributed by atoms with Crippen LogP contribution in [0.1, 0.15) is 37.6 Å². The summed E-state index contributed by atoms with van der Waals surface area (Å²) in [6, 6.07) is 12.3. The van der Waals surface area contributed by atoms with Crippen molar-refractivity contribution in [2.45, 2.75) is 38.8 Å². The summed E-state index contributed by atoms with van der Waals surface area (Å²) in [7, 11) is 0. The molecule has 2 aromatic rings. The number of anilines is 1. The fourth-order valence-corrected chi connectivity index (χ4v) is 3.05. The van der Waals surface area contributed by atoms with Crippen molar-refractivity contribution >= 4 is 11.6 Å². The number of hydrogen-bond donors (Lipinski definition) is 1. The maximum atomic E-state index is 12.4. The van der Waals surface area contributed by atoms with Crippen molar-refractivity contribution in [3.8, 4) is 0 Å². The molecule has 0 bridgehead atoms. The van der Waals surface area contributed by atoms with Gasteiger partial charge in [0.25, 0.3) is 0 Å². The van der Waals surface area contributed by atoms with Gasteiger partial charge in [0.05, 0.1) is 18.8 Å². The molecule has 2 atom stereocenters. The number of fused-ring (bicyclic) bond motifs is 1. The lowest BCUT2D eigenvalue weighted by Crippen LogP contribution is -2.44. The maximum Gasteiger partial charge on any atom is 0.240 e. The van der Waals surface area contributed by atoms with E-state index in [2.05, 4.69) is 35.3 Å². The number of hydrogen-bond acceptors (Lipinski definition) is 3. The van der Waals surface area contributed by atoms with Crippen LogP contribution >= 0.6 is 0 Å². The zero-order valence-corrected chi connectivity index (χ0v) is 13.1. The van der Waals surface area contributed by atoms with Gasteiger partial charge in [0, 0.05) is 11.7 Å². The van der Waals surface area contributed by atoms with E-state index in [1.165, 1.54) is 11.3 Å². The molecule has 116 valence electrons. The van der Waals surface area contributed by atoms with E-state index in [9.17, 15) is 4.79 Å². The van der Waals surface area contributed by atoms with Gasteiger partial charge in [-0.3, -0.25) is 4.79 Å². The predicted molar refractivity (Wildman–Crippen MR) is 86.8 cm³/mol. The number of nitrogens with one attached hydrogen (secondary N) is 1. The summed E-state index contributed by atoms with van der Waals surface area (Å²) in [5.74, 6) is 0.799. The van der Waals surface area contributed by atoms with Crippen molar-refractivity contribution < 1.29 is 9.21 Å². The van der Waals surface area contributed by atoms with Crippen molar-refractivity contribution in [2.75, 3.05) is 11.4 Å². The first kappa shape index (κ1) is 14.7. The van der Waals surface area contributed by atoms with Crippen LogP contribution in [-0.4, -0.2) is 18.5 Å². The molecule has 3 rings (SSSR count). The lowest BCUT2D eigenvalue weighted by Gasteiger charge is -2.36. The summed E-state index contributed by atoms with van der Waals surface area (Å²) in [6.45, 7) is 4.49. The first-order valence-corrected chi connectivity index (χ1v) is 7.82. The smallest absolute Gasteiger partial charge is 0.240 e. The van der Waals surface area contributed by atoms with Crippen molar-refractivity contribution in [3.05, 3.63) is 54.0 Å². The van der Waals surface area contributed by atoms with Gasteiger partial charge in [-0.1, -0.05) is 18.2 Å². The summed E-state index contributed by atoms with van der Waals surface area (Å²) in [5.41, 5.74) is 2.51. The van der Waals surface area contributed by atoms with E-state index in [1.54, 1.807) is 6.26 Å². The second-order valence-electron chi connectivity index (χ2n) is 5.95. The molecule has 1 aliphatic rings. The highest BCUT2D eigenvalue weighted by Crippen LogP contribution is 2.30. The number of aryl methyl sites for hydroxylation is 1. The Morgan fingerprint density at radius 1 is 1.36 bits per heavy atom. The summed E-state index contributed by atoms with van der Waals surface area (Å²) < 4.78 is 5.34. The number of rotatable bonds is 4. The quantitative estimate of drug-likeness (QED) is 0.942. The minimum atomic E-state index is -0.113. The van der Waals surface area contributed by atoms with Gasteiger partial charge in [0.2, 0.25) is 5.91 Å².